The summed E-state index contributed by atoms with van der Waals surface area (Å²) < 4.78 is 136. The Morgan fingerprint density at radius 1 is 0.974 bits per heavy atom. The van der Waals surface area contributed by atoms with Crippen molar-refractivity contribution in [3.8, 4) is 5.69 Å². The van der Waals surface area contributed by atoms with Crippen molar-refractivity contribution in [3.05, 3.63) is 63.5 Å². The number of benzene rings is 1. The van der Waals surface area contributed by atoms with Crippen molar-refractivity contribution >= 4 is 22.8 Å². The Morgan fingerprint density at radius 3 is 2.03 bits per heavy atom. The van der Waals surface area contributed by atoms with Crippen LogP contribution in [0.2, 0.25) is 0 Å². The predicted octanol–water partition coefficient (Wildman–Crippen LogP) is 5.36. The molecule has 1 N–H and O–H groups in total. The molecular weight excluding hydrogens is 542 g/mol. The summed E-state index contributed by atoms with van der Waals surface area (Å²) in [6.07, 6.45) is -11.1. The lowest BCUT2D eigenvalue weighted by molar-refractivity contribution is -0.146. The lowest BCUT2D eigenvalue weighted by Gasteiger charge is -2.27. The van der Waals surface area contributed by atoms with Gasteiger partial charge in [-0.2, -0.15) is 26.3 Å². The van der Waals surface area contributed by atoms with Crippen molar-refractivity contribution in [2.75, 3.05) is 11.9 Å². The average molecular weight is 558 g/mol. The van der Waals surface area contributed by atoms with Gasteiger partial charge in [0.05, 0.1) is 11.8 Å². The van der Waals surface area contributed by atoms with Crippen LogP contribution in [-0.4, -0.2) is 40.5 Å². The Bertz CT molecular complexity index is 1460. The van der Waals surface area contributed by atoms with Crippen LogP contribution in [0.25, 0.3) is 16.7 Å². The normalized spacial score (nSPS) is 12.7. The van der Waals surface area contributed by atoms with Crippen LogP contribution < -0.4 is 15.6 Å². The first-order valence-corrected chi connectivity index (χ1v) is 10.3. The van der Waals surface area contributed by atoms with Gasteiger partial charge in [-0.15, -0.1) is 0 Å². The van der Waals surface area contributed by atoms with E-state index in [1.807, 2.05) is 5.32 Å². The van der Waals surface area contributed by atoms with Crippen molar-refractivity contribution in [1.82, 2.24) is 14.9 Å². The molecule has 0 fully saturated rings. The number of carbonyl (C=O) groups excluding carboxylic acids is 1. The van der Waals surface area contributed by atoms with E-state index < -0.39 is 92.0 Å². The second kappa shape index (κ2) is 9.47. The number of carbonyl (C=O) groups is 1. The zero-order chi connectivity index (χ0) is 29.0. The SMILES string of the molecule is CN(c1nc2c(cc1F)c(=O)c(C(=O)NC(C)(C)CC(F)(F)F)cn2-c1c(F)cc(F)cc1F)C(F)(F)F. The van der Waals surface area contributed by atoms with Gasteiger partial charge < -0.3 is 5.32 Å². The largest absolute Gasteiger partial charge is 0.485 e. The first kappa shape index (κ1) is 28.7. The lowest BCUT2D eigenvalue weighted by atomic mass is 9.99. The van der Waals surface area contributed by atoms with Crippen molar-refractivity contribution in [2.24, 2.45) is 0 Å². The molecule has 0 saturated heterocycles. The summed E-state index contributed by atoms with van der Waals surface area (Å²) in [5.41, 5.74) is -6.68. The Balaban J connectivity index is 2.37. The fraction of sp³-hybridized carbons (Fsp3) is 0.318. The minimum atomic E-state index is -5.19. The van der Waals surface area contributed by atoms with E-state index >= 15 is 0 Å². The summed E-state index contributed by atoms with van der Waals surface area (Å²) in [5.74, 6) is -9.36. The smallest absolute Gasteiger partial charge is 0.347 e. The number of halogens is 10. The summed E-state index contributed by atoms with van der Waals surface area (Å²) in [4.78, 5) is 28.6. The quantitative estimate of drug-likeness (QED) is 0.339. The molecule has 0 unspecified atom stereocenters. The maximum Gasteiger partial charge on any atom is 0.485 e. The van der Waals surface area contributed by atoms with Crippen LogP contribution >= 0.6 is 0 Å². The molecule has 3 rings (SSSR count). The van der Waals surface area contributed by atoms with E-state index in [1.165, 1.54) is 0 Å². The van der Waals surface area contributed by atoms with Crippen molar-refractivity contribution in [3.63, 3.8) is 0 Å². The van der Waals surface area contributed by atoms with Crippen molar-refractivity contribution < 1.29 is 48.7 Å². The molecule has 2 heterocycles. The van der Waals surface area contributed by atoms with E-state index in [4.69, 9.17) is 0 Å². The molecule has 16 heteroatoms. The second-order valence-corrected chi connectivity index (χ2v) is 8.78. The van der Waals surface area contributed by atoms with Gasteiger partial charge in [0.15, 0.2) is 28.9 Å². The Hall–Kier alpha value is -3.85. The van der Waals surface area contributed by atoms with E-state index in [0.717, 1.165) is 13.8 Å². The molecule has 0 saturated carbocycles. The summed E-state index contributed by atoms with van der Waals surface area (Å²) in [6.45, 7) is 1.91. The van der Waals surface area contributed by atoms with Crippen molar-refractivity contribution in [1.29, 1.82) is 0 Å². The third-order valence-corrected chi connectivity index (χ3v) is 5.17. The topological polar surface area (TPSA) is 67.2 Å². The highest BCUT2D eigenvalue weighted by Crippen LogP contribution is 2.31. The molecule has 0 aliphatic carbocycles. The number of nitrogens with zero attached hydrogens (tertiary/aromatic N) is 3. The van der Waals surface area contributed by atoms with E-state index in [1.54, 1.807) is 0 Å². The molecule has 3 aromatic rings. The van der Waals surface area contributed by atoms with Crippen LogP contribution in [0.5, 0.6) is 0 Å². The number of rotatable bonds is 5. The van der Waals surface area contributed by atoms with Gasteiger partial charge in [0, 0.05) is 30.9 Å². The predicted molar refractivity (Wildman–Crippen MR) is 114 cm³/mol. The van der Waals surface area contributed by atoms with Crippen molar-refractivity contribution in [2.45, 2.75) is 38.3 Å². The Morgan fingerprint density at radius 2 is 1.53 bits per heavy atom. The highest BCUT2D eigenvalue weighted by molar-refractivity contribution is 5.97. The molecule has 0 aliphatic rings. The summed E-state index contributed by atoms with van der Waals surface area (Å²) in [6, 6.07) is 0.553. The Kier molecular flexibility index (Phi) is 7.16. The number of aromatic nitrogens is 2. The van der Waals surface area contributed by atoms with E-state index in [0.29, 0.717) is 13.2 Å². The minimum absolute atomic E-state index is 0.167. The number of fused-ring (bicyclic) bond motifs is 1. The zero-order valence-electron chi connectivity index (χ0n) is 19.5. The van der Waals surface area contributed by atoms with Crippen LogP contribution in [0.4, 0.5) is 49.7 Å². The molecule has 206 valence electrons. The molecule has 0 radical (unpaired) electrons. The molecule has 1 amide bonds. The van der Waals surface area contributed by atoms with Crippen LogP contribution in [0, 0.1) is 23.3 Å². The Labute approximate surface area is 206 Å². The number of hydrogen-bond acceptors (Lipinski definition) is 4. The molecule has 0 spiro atoms. The van der Waals surface area contributed by atoms with Gasteiger partial charge in [-0.05, 0) is 19.9 Å². The second-order valence-electron chi connectivity index (χ2n) is 8.78. The number of hydrogen-bond donors (Lipinski definition) is 1. The zero-order valence-corrected chi connectivity index (χ0v) is 19.5. The fourth-order valence-corrected chi connectivity index (χ4v) is 3.59. The molecule has 1 aromatic carbocycles. The van der Waals surface area contributed by atoms with Gasteiger partial charge in [-0.25, -0.2) is 22.5 Å². The van der Waals surface area contributed by atoms with Crippen LogP contribution in [0.15, 0.2) is 29.2 Å². The van der Waals surface area contributed by atoms with Crippen LogP contribution in [-0.2, 0) is 0 Å². The third-order valence-electron chi connectivity index (χ3n) is 5.17. The number of pyridine rings is 2. The summed E-state index contributed by atoms with van der Waals surface area (Å²) in [7, 11) is 0.364. The molecule has 38 heavy (non-hydrogen) atoms. The van der Waals surface area contributed by atoms with Gasteiger partial charge in [0.25, 0.3) is 5.91 Å². The van der Waals surface area contributed by atoms with Gasteiger partial charge >= 0.3 is 12.5 Å². The molecule has 0 atom stereocenters. The van der Waals surface area contributed by atoms with Gasteiger partial charge in [-0.1, -0.05) is 0 Å². The van der Waals surface area contributed by atoms with Gasteiger partial charge in [-0.3, -0.25) is 19.1 Å². The number of anilines is 1. The van der Waals surface area contributed by atoms with E-state index in [9.17, 15) is 53.5 Å². The third kappa shape index (κ3) is 5.83. The van der Waals surface area contributed by atoms with Gasteiger partial charge in [0.1, 0.15) is 17.1 Å². The number of alkyl halides is 6. The standard InChI is InChI=1S/C22H16F10N4O2/c1-20(2,8-21(27,28)29)34-19(38)11-7-36(15-12(24)4-9(23)5-13(15)25)17-10(16(11)37)6-14(26)18(33-17)35(3)22(30,31)32/h4-7H,8H2,1-3H3,(H,34,38). The number of nitrogens with one attached hydrogen (secondary N) is 1. The fourth-order valence-electron chi connectivity index (χ4n) is 3.59. The molecule has 2 aromatic heterocycles. The minimum Gasteiger partial charge on any atom is -0.347 e. The molecule has 0 aliphatic heterocycles. The highest BCUT2D eigenvalue weighted by Gasteiger charge is 2.39. The first-order chi connectivity index (χ1) is 17.2. The van der Waals surface area contributed by atoms with Gasteiger partial charge in [0.2, 0.25) is 5.43 Å². The monoisotopic (exact) mass is 558 g/mol. The number of amides is 1. The van der Waals surface area contributed by atoms with E-state index in [-0.39, 0.29) is 22.8 Å². The molecular formula is C22H16F10N4O2. The van der Waals surface area contributed by atoms with E-state index in [2.05, 4.69) is 4.98 Å². The lowest BCUT2D eigenvalue weighted by Crippen LogP contribution is -2.47. The first-order valence-electron chi connectivity index (χ1n) is 10.3. The van der Waals surface area contributed by atoms with Crippen LogP contribution in [0.1, 0.15) is 30.6 Å². The average Bonchev–Trinajstić information content (AvgIpc) is 2.71. The summed E-state index contributed by atoms with van der Waals surface area (Å²) >= 11 is 0. The maximum absolute atomic E-state index is 14.6. The summed E-state index contributed by atoms with van der Waals surface area (Å²) in [5, 5.41) is 0.972. The van der Waals surface area contributed by atoms with Crippen LogP contribution in [0.3, 0.4) is 0 Å². The highest BCUT2D eigenvalue weighted by atomic mass is 19.4. The maximum atomic E-state index is 14.6. The molecule has 0 bridgehead atoms. The molecule has 6 nitrogen and oxygen atoms in total.